The van der Waals surface area contributed by atoms with Gasteiger partial charge in [-0.2, -0.15) is 0 Å². The van der Waals surface area contributed by atoms with E-state index in [9.17, 15) is 10.2 Å². The van der Waals surface area contributed by atoms with E-state index < -0.39 is 12.2 Å². The van der Waals surface area contributed by atoms with Crippen molar-refractivity contribution in [3.05, 3.63) is 0 Å². The normalized spacial score (nSPS) is 39.0. The Morgan fingerprint density at radius 2 is 1.81 bits per heavy atom. The van der Waals surface area contributed by atoms with Crippen LogP contribution in [0.25, 0.3) is 0 Å². The lowest BCUT2D eigenvalue weighted by molar-refractivity contribution is -0.112. The molecular formula is C14H28O2. The van der Waals surface area contributed by atoms with Gasteiger partial charge in [0.15, 0.2) is 0 Å². The summed E-state index contributed by atoms with van der Waals surface area (Å²) in [6, 6.07) is 0. The number of aliphatic hydroxyl groups is 2. The molecule has 0 heterocycles. The van der Waals surface area contributed by atoms with Crippen molar-refractivity contribution in [2.45, 2.75) is 66.1 Å². The van der Waals surface area contributed by atoms with Crippen molar-refractivity contribution < 1.29 is 10.2 Å². The second kappa shape index (κ2) is 5.05. The van der Waals surface area contributed by atoms with Crippen molar-refractivity contribution >= 4 is 0 Å². The van der Waals surface area contributed by atoms with Crippen LogP contribution >= 0.6 is 0 Å². The Labute approximate surface area is 100 Å². The molecule has 0 radical (unpaired) electrons. The molecule has 4 atom stereocenters. The van der Waals surface area contributed by atoms with E-state index in [1.54, 1.807) is 0 Å². The van der Waals surface area contributed by atoms with E-state index in [0.717, 1.165) is 12.8 Å². The summed E-state index contributed by atoms with van der Waals surface area (Å²) in [7, 11) is 0. The number of aliphatic hydroxyl groups excluding tert-OH is 2. The highest BCUT2D eigenvalue weighted by Gasteiger charge is 2.45. The van der Waals surface area contributed by atoms with Crippen LogP contribution in [0.15, 0.2) is 0 Å². The van der Waals surface area contributed by atoms with Gasteiger partial charge in [0.2, 0.25) is 0 Å². The molecule has 1 aliphatic carbocycles. The molecule has 1 aliphatic rings. The van der Waals surface area contributed by atoms with E-state index >= 15 is 0 Å². The molecule has 2 heteroatoms. The predicted molar refractivity (Wildman–Crippen MR) is 67.1 cm³/mol. The fraction of sp³-hybridized carbons (Fsp3) is 1.00. The summed E-state index contributed by atoms with van der Waals surface area (Å²) in [6.45, 7) is 11.0. The molecule has 0 aromatic rings. The van der Waals surface area contributed by atoms with Gasteiger partial charge in [-0.05, 0) is 36.0 Å². The first kappa shape index (κ1) is 14.0. The largest absolute Gasteiger partial charge is 0.390 e. The molecule has 0 bridgehead atoms. The highest BCUT2D eigenvalue weighted by molar-refractivity contribution is 4.94. The van der Waals surface area contributed by atoms with Crippen LogP contribution in [0.2, 0.25) is 0 Å². The third kappa shape index (κ3) is 2.98. The summed E-state index contributed by atoms with van der Waals surface area (Å²) in [5, 5.41) is 19.8. The minimum Gasteiger partial charge on any atom is -0.390 e. The maximum Gasteiger partial charge on any atom is 0.0827 e. The third-order valence-corrected chi connectivity index (χ3v) is 4.36. The molecule has 16 heavy (non-hydrogen) atoms. The summed E-state index contributed by atoms with van der Waals surface area (Å²) < 4.78 is 0. The van der Waals surface area contributed by atoms with Gasteiger partial charge in [-0.1, -0.05) is 41.0 Å². The Morgan fingerprint density at radius 1 is 1.25 bits per heavy atom. The van der Waals surface area contributed by atoms with Crippen LogP contribution < -0.4 is 0 Å². The molecule has 0 saturated heterocycles. The molecule has 1 rings (SSSR count). The van der Waals surface area contributed by atoms with Gasteiger partial charge in [0.05, 0.1) is 12.2 Å². The van der Waals surface area contributed by atoms with Crippen LogP contribution in [0.3, 0.4) is 0 Å². The SMILES string of the molecule is CC(C)CCC1C(C)C(O)[C@@H](O)CC1(C)C. The van der Waals surface area contributed by atoms with Crippen molar-refractivity contribution in [3.63, 3.8) is 0 Å². The fourth-order valence-electron chi connectivity index (χ4n) is 3.28. The van der Waals surface area contributed by atoms with Crippen LogP contribution in [-0.2, 0) is 0 Å². The number of hydrogen-bond acceptors (Lipinski definition) is 2. The Kier molecular flexibility index (Phi) is 4.42. The van der Waals surface area contributed by atoms with Crippen molar-refractivity contribution in [1.82, 2.24) is 0 Å². The standard InChI is InChI=1S/C14H28O2/c1-9(2)6-7-11-10(3)13(16)12(15)8-14(11,4)5/h9-13,15-16H,6-8H2,1-5H3/t10?,11?,12-,13?/m0/s1. The number of hydrogen-bond donors (Lipinski definition) is 2. The Balaban J connectivity index is 2.70. The van der Waals surface area contributed by atoms with Crippen LogP contribution in [0.4, 0.5) is 0 Å². The molecule has 1 saturated carbocycles. The van der Waals surface area contributed by atoms with Gasteiger partial charge >= 0.3 is 0 Å². The maximum atomic E-state index is 9.96. The van der Waals surface area contributed by atoms with Gasteiger partial charge < -0.3 is 10.2 Å². The summed E-state index contributed by atoms with van der Waals surface area (Å²) in [5.41, 5.74) is 0.146. The van der Waals surface area contributed by atoms with E-state index in [2.05, 4.69) is 34.6 Å². The van der Waals surface area contributed by atoms with Crippen LogP contribution in [0.1, 0.15) is 53.9 Å². The first-order valence-electron chi connectivity index (χ1n) is 6.62. The quantitative estimate of drug-likeness (QED) is 0.780. The summed E-state index contributed by atoms with van der Waals surface area (Å²) in [5.74, 6) is 1.44. The minimum absolute atomic E-state index is 0.146. The molecular weight excluding hydrogens is 200 g/mol. The van der Waals surface area contributed by atoms with Gasteiger partial charge in [0, 0.05) is 0 Å². The second-order valence-electron chi connectivity index (χ2n) is 6.69. The van der Waals surface area contributed by atoms with Gasteiger partial charge in [0.25, 0.3) is 0 Å². The fourth-order valence-corrected chi connectivity index (χ4v) is 3.28. The monoisotopic (exact) mass is 228 g/mol. The van der Waals surface area contributed by atoms with E-state index in [1.165, 1.54) is 6.42 Å². The van der Waals surface area contributed by atoms with E-state index in [-0.39, 0.29) is 11.3 Å². The maximum absolute atomic E-state index is 9.96. The molecule has 1 fully saturated rings. The van der Waals surface area contributed by atoms with Crippen molar-refractivity contribution in [2.75, 3.05) is 0 Å². The van der Waals surface area contributed by atoms with E-state index in [0.29, 0.717) is 11.8 Å². The lowest BCUT2D eigenvalue weighted by Gasteiger charge is -2.48. The average molecular weight is 228 g/mol. The highest BCUT2D eigenvalue weighted by atomic mass is 16.3. The molecule has 3 unspecified atom stereocenters. The zero-order valence-corrected chi connectivity index (χ0v) is 11.4. The Morgan fingerprint density at radius 3 is 2.31 bits per heavy atom. The molecule has 0 aromatic heterocycles. The van der Waals surface area contributed by atoms with Crippen molar-refractivity contribution in [2.24, 2.45) is 23.2 Å². The predicted octanol–water partition coefficient (Wildman–Crippen LogP) is 2.83. The summed E-state index contributed by atoms with van der Waals surface area (Å²) in [4.78, 5) is 0. The third-order valence-electron chi connectivity index (χ3n) is 4.36. The lowest BCUT2D eigenvalue weighted by Crippen LogP contribution is -2.49. The molecule has 2 nitrogen and oxygen atoms in total. The lowest BCUT2D eigenvalue weighted by atomic mass is 9.60. The second-order valence-corrected chi connectivity index (χ2v) is 6.69. The van der Waals surface area contributed by atoms with Gasteiger partial charge in [-0.25, -0.2) is 0 Å². The average Bonchev–Trinajstić information content (AvgIpc) is 2.12. The van der Waals surface area contributed by atoms with Gasteiger partial charge in [-0.15, -0.1) is 0 Å². The summed E-state index contributed by atoms with van der Waals surface area (Å²) in [6.07, 6.45) is 2.02. The topological polar surface area (TPSA) is 40.5 Å². The van der Waals surface area contributed by atoms with Crippen molar-refractivity contribution in [3.8, 4) is 0 Å². The first-order valence-corrected chi connectivity index (χ1v) is 6.62. The van der Waals surface area contributed by atoms with E-state index in [4.69, 9.17) is 0 Å². The van der Waals surface area contributed by atoms with E-state index in [1.807, 2.05) is 0 Å². The van der Waals surface area contributed by atoms with Gasteiger partial charge in [-0.3, -0.25) is 0 Å². The first-order chi connectivity index (χ1) is 7.25. The Hall–Kier alpha value is -0.0800. The van der Waals surface area contributed by atoms with Crippen molar-refractivity contribution in [1.29, 1.82) is 0 Å². The molecule has 0 spiro atoms. The molecule has 0 amide bonds. The van der Waals surface area contributed by atoms with Crippen LogP contribution in [0, 0.1) is 23.2 Å². The number of rotatable bonds is 3. The smallest absolute Gasteiger partial charge is 0.0827 e. The van der Waals surface area contributed by atoms with Crippen LogP contribution in [-0.4, -0.2) is 22.4 Å². The minimum atomic E-state index is -0.541. The molecule has 0 aromatic carbocycles. The molecule has 0 aliphatic heterocycles. The highest BCUT2D eigenvalue weighted by Crippen LogP contribution is 2.46. The Bertz CT molecular complexity index is 223. The zero-order valence-electron chi connectivity index (χ0n) is 11.4. The van der Waals surface area contributed by atoms with Gasteiger partial charge in [0.1, 0.15) is 0 Å². The molecule has 2 N–H and O–H groups in total. The van der Waals surface area contributed by atoms with Crippen LogP contribution in [0.5, 0.6) is 0 Å². The zero-order chi connectivity index (χ0) is 12.5. The molecule has 96 valence electrons. The summed E-state index contributed by atoms with van der Waals surface area (Å²) >= 11 is 0.